The van der Waals surface area contributed by atoms with E-state index in [2.05, 4.69) is 20.5 Å². The maximum Gasteiger partial charge on any atom is 0.257 e. The molecule has 3 heterocycles. The Morgan fingerprint density at radius 1 is 1.43 bits per heavy atom. The largest absolute Gasteiger partial charge is 0.300 e. The molecule has 0 fully saturated rings. The van der Waals surface area contributed by atoms with Crippen molar-refractivity contribution in [3.8, 4) is 0 Å². The Balaban J connectivity index is 1.78. The number of carbonyl (C=O) groups is 1. The third-order valence-corrected chi connectivity index (χ3v) is 5.03. The van der Waals surface area contributed by atoms with Gasteiger partial charge in [0.1, 0.15) is 5.01 Å². The molecular weight excluding hydrogens is 310 g/mol. The number of fused-ring (bicyclic) bond motifs is 1. The molecule has 1 aliphatic rings. The first-order valence-corrected chi connectivity index (χ1v) is 8.15. The fourth-order valence-corrected chi connectivity index (χ4v) is 3.66. The minimum absolute atomic E-state index is 0.0863. The summed E-state index contributed by atoms with van der Waals surface area (Å²) in [5, 5.41) is 12.4. The number of rotatable bonds is 2. The lowest BCUT2D eigenvalue weighted by molar-refractivity contribution is -0.119. The first-order chi connectivity index (χ1) is 10.0. The predicted molar refractivity (Wildman–Crippen MR) is 80.7 cm³/mol. The molecule has 21 heavy (non-hydrogen) atoms. The van der Waals surface area contributed by atoms with Gasteiger partial charge in [-0.25, -0.2) is 4.98 Å². The SMILES string of the molecule is Cc1nnc(NC(=O)[C@@H]2CSc3ncc(C)c(=O)n3C2)s1. The van der Waals surface area contributed by atoms with Crippen molar-refractivity contribution in [3.05, 3.63) is 27.1 Å². The zero-order valence-corrected chi connectivity index (χ0v) is 13.1. The van der Waals surface area contributed by atoms with Crippen LogP contribution in [0.25, 0.3) is 0 Å². The zero-order valence-electron chi connectivity index (χ0n) is 11.5. The highest BCUT2D eigenvalue weighted by molar-refractivity contribution is 7.99. The molecule has 0 bridgehead atoms. The van der Waals surface area contributed by atoms with E-state index in [1.807, 2.05) is 6.92 Å². The van der Waals surface area contributed by atoms with Crippen molar-refractivity contribution < 1.29 is 4.79 Å². The van der Waals surface area contributed by atoms with Gasteiger partial charge in [0.05, 0.1) is 5.92 Å². The van der Waals surface area contributed by atoms with Gasteiger partial charge in [-0.3, -0.25) is 14.2 Å². The average Bonchev–Trinajstić information content (AvgIpc) is 2.88. The molecular formula is C12H13N5O2S2. The van der Waals surface area contributed by atoms with Crippen LogP contribution < -0.4 is 10.9 Å². The van der Waals surface area contributed by atoms with Crippen LogP contribution in [0.2, 0.25) is 0 Å². The Labute approximate surface area is 128 Å². The topological polar surface area (TPSA) is 89.8 Å². The molecule has 0 saturated carbocycles. The second kappa shape index (κ2) is 5.57. The number of thioether (sulfide) groups is 1. The van der Waals surface area contributed by atoms with Gasteiger partial charge in [-0.2, -0.15) is 0 Å². The molecule has 0 saturated heterocycles. The molecule has 110 valence electrons. The monoisotopic (exact) mass is 323 g/mol. The Hall–Kier alpha value is -1.74. The van der Waals surface area contributed by atoms with E-state index in [4.69, 9.17) is 0 Å². The molecule has 0 radical (unpaired) electrons. The molecule has 2 aromatic rings. The van der Waals surface area contributed by atoms with E-state index >= 15 is 0 Å². The summed E-state index contributed by atoms with van der Waals surface area (Å²) in [4.78, 5) is 28.6. The molecule has 3 rings (SSSR count). The Kier molecular flexibility index (Phi) is 3.77. The Bertz CT molecular complexity index is 754. The number of hydrogen-bond acceptors (Lipinski definition) is 7. The molecule has 9 heteroatoms. The third kappa shape index (κ3) is 2.84. The summed E-state index contributed by atoms with van der Waals surface area (Å²) in [7, 11) is 0. The molecule has 0 spiro atoms. The number of aryl methyl sites for hydroxylation is 2. The summed E-state index contributed by atoms with van der Waals surface area (Å²) >= 11 is 2.75. The quantitative estimate of drug-likeness (QED) is 0.832. The second-order valence-corrected chi connectivity index (χ2v) is 6.93. The van der Waals surface area contributed by atoms with Crippen LogP contribution in [0.15, 0.2) is 16.1 Å². The standard InChI is InChI=1S/C12H13N5O2S2/c1-6-3-13-12-17(10(6)19)4-8(5-20-12)9(18)14-11-16-15-7(2)21-11/h3,8H,4-5H2,1-2H3,(H,14,16,18)/t8-/m0/s1. The summed E-state index contributed by atoms with van der Waals surface area (Å²) in [6.45, 7) is 3.90. The van der Waals surface area contributed by atoms with Gasteiger partial charge in [0, 0.05) is 24.1 Å². The highest BCUT2D eigenvalue weighted by Crippen LogP contribution is 2.26. The van der Waals surface area contributed by atoms with E-state index in [0.29, 0.717) is 28.1 Å². The summed E-state index contributed by atoms with van der Waals surface area (Å²) in [6, 6.07) is 0. The van der Waals surface area contributed by atoms with Crippen LogP contribution in [0.5, 0.6) is 0 Å². The van der Waals surface area contributed by atoms with Gasteiger partial charge in [-0.05, 0) is 13.8 Å². The van der Waals surface area contributed by atoms with E-state index in [1.165, 1.54) is 23.1 Å². The lowest BCUT2D eigenvalue weighted by atomic mass is 10.1. The highest BCUT2D eigenvalue weighted by Gasteiger charge is 2.27. The zero-order chi connectivity index (χ0) is 15.0. The molecule has 2 aromatic heterocycles. The van der Waals surface area contributed by atoms with E-state index in [9.17, 15) is 9.59 Å². The number of amides is 1. The summed E-state index contributed by atoms with van der Waals surface area (Å²) in [5.74, 6) is 0.171. The second-order valence-electron chi connectivity index (χ2n) is 4.76. The normalized spacial score (nSPS) is 17.3. The van der Waals surface area contributed by atoms with E-state index < -0.39 is 0 Å². The van der Waals surface area contributed by atoms with Gasteiger partial charge in [0.15, 0.2) is 5.16 Å². The lowest BCUT2D eigenvalue weighted by Crippen LogP contribution is -2.37. The van der Waals surface area contributed by atoms with Gasteiger partial charge in [0.25, 0.3) is 5.56 Å². The molecule has 0 aromatic carbocycles. The van der Waals surface area contributed by atoms with Crippen molar-refractivity contribution >= 4 is 34.1 Å². The van der Waals surface area contributed by atoms with E-state index in [-0.39, 0.29) is 17.4 Å². The van der Waals surface area contributed by atoms with Gasteiger partial charge >= 0.3 is 0 Å². The average molecular weight is 323 g/mol. The molecule has 1 atom stereocenters. The maximum atomic E-state index is 12.3. The van der Waals surface area contributed by atoms with E-state index in [1.54, 1.807) is 17.7 Å². The summed E-state index contributed by atoms with van der Waals surface area (Å²) < 4.78 is 1.57. The summed E-state index contributed by atoms with van der Waals surface area (Å²) in [5.41, 5.74) is 0.497. The number of anilines is 1. The van der Waals surface area contributed by atoms with Crippen LogP contribution in [0, 0.1) is 19.8 Å². The van der Waals surface area contributed by atoms with Crippen LogP contribution in [0.4, 0.5) is 5.13 Å². The number of hydrogen-bond donors (Lipinski definition) is 1. The molecule has 7 nitrogen and oxygen atoms in total. The maximum absolute atomic E-state index is 12.3. The smallest absolute Gasteiger partial charge is 0.257 e. The fourth-order valence-electron chi connectivity index (χ4n) is 2.01. The minimum Gasteiger partial charge on any atom is -0.300 e. The molecule has 1 amide bonds. The van der Waals surface area contributed by atoms with Crippen LogP contribution in [0.1, 0.15) is 10.6 Å². The summed E-state index contributed by atoms with van der Waals surface area (Å²) in [6.07, 6.45) is 1.57. The van der Waals surface area contributed by atoms with Gasteiger partial charge < -0.3 is 5.32 Å². The van der Waals surface area contributed by atoms with Crippen molar-refractivity contribution in [2.45, 2.75) is 25.5 Å². The molecule has 1 N–H and O–H groups in total. The van der Waals surface area contributed by atoms with Crippen LogP contribution >= 0.6 is 23.1 Å². The molecule has 0 unspecified atom stereocenters. The van der Waals surface area contributed by atoms with Crippen molar-refractivity contribution in [2.75, 3.05) is 11.1 Å². The van der Waals surface area contributed by atoms with Gasteiger partial charge in [-0.15, -0.1) is 10.2 Å². The van der Waals surface area contributed by atoms with Gasteiger partial charge in [-0.1, -0.05) is 23.1 Å². The van der Waals surface area contributed by atoms with Crippen LogP contribution in [-0.2, 0) is 11.3 Å². The van der Waals surface area contributed by atoms with Crippen molar-refractivity contribution in [2.24, 2.45) is 5.92 Å². The molecule has 0 aliphatic carbocycles. The Morgan fingerprint density at radius 3 is 2.95 bits per heavy atom. The first-order valence-electron chi connectivity index (χ1n) is 6.35. The van der Waals surface area contributed by atoms with Crippen LogP contribution in [-0.4, -0.2) is 31.4 Å². The molecule has 1 aliphatic heterocycles. The van der Waals surface area contributed by atoms with Crippen molar-refractivity contribution in [3.63, 3.8) is 0 Å². The van der Waals surface area contributed by atoms with Gasteiger partial charge in [0.2, 0.25) is 11.0 Å². The number of aromatic nitrogens is 4. The first kappa shape index (κ1) is 14.2. The third-order valence-electron chi connectivity index (χ3n) is 3.13. The lowest BCUT2D eigenvalue weighted by Gasteiger charge is -2.23. The van der Waals surface area contributed by atoms with Crippen LogP contribution in [0.3, 0.4) is 0 Å². The number of nitrogens with zero attached hydrogens (tertiary/aromatic N) is 4. The predicted octanol–water partition coefficient (Wildman–Crippen LogP) is 1.07. The number of nitrogens with one attached hydrogen (secondary N) is 1. The minimum atomic E-state index is -0.284. The number of carbonyl (C=O) groups excluding carboxylic acids is 1. The highest BCUT2D eigenvalue weighted by atomic mass is 32.2. The van der Waals surface area contributed by atoms with E-state index in [0.717, 1.165) is 5.01 Å². The van der Waals surface area contributed by atoms with Crippen molar-refractivity contribution in [1.82, 2.24) is 19.7 Å². The van der Waals surface area contributed by atoms with Crippen molar-refractivity contribution in [1.29, 1.82) is 0 Å². The fraction of sp³-hybridized carbons (Fsp3) is 0.417. The Morgan fingerprint density at radius 2 is 2.24 bits per heavy atom.